The van der Waals surface area contributed by atoms with Gasteiger partial charge in [-0.25, -0.2) is 9.79 Å². The van der Waals surface area contributed by atoms with Crippen LogP contribution in [0.3, 0.4) is 0 Å². The third kappa shape index (κ3) is 2.00. The fourth-order valence-corrected chi connectivity index (χ4v) is 1.62. The van der Waals surface area contributed by atoms with Crippen LogP contribution < -0.4 is 9.64 Å². The minimum absolute atomic E-state index is 0.380. The SMILES string of the molecule is CN1CCOc2ccc(CN=C=O)cc21. The van der Waals surface area contributed by atoms with E-state index in [0.29, 0.717) is 6.54 Å². The molecule has 15 heavy (non-hydrogen) atoms. The smallest absolute Gasteiger partial charge is 0.235 e. The van der Waals surface area contributed by atoms with Crippen molar-refractivity contribution in [1.82, 2.24) is 0 Å². The van der Waals surface area contributed by atoms with Crippen LogP contribution >= 0.6 is 0 Å². The largest absolute Gasteiger partial charge is 0.490 e. The summed E-state index contributed by atoms with van der Waals surface area (Å²) in [5.74, 6) is 0.891. The predicted octanol–water partition coefficient (Wildman–Crippen LogP) is 1.35. The summed E-state index contributed by atoms with van der Waals surface area (Å²) in [6.45, 7) is 1.98. The zero-order valence-electron chi connectivity index (χ0n) is 8.56. The van der Waals surface area contributed by atoms with Crippen molar-refractivity contribution in [3.05, 3.63) is 23.8 Å². The van der Waals surface area contributed by atoms with E-state index in [1.165, 1.54) is 6.08 Å². The van der Waals surface area contributed by atoms with Crippen molar-refractivity contribution >= 4 is 11.8 Å². The number of hydrogen-bond acceptors (Lipinski definition) is 4. The summed E-state index contributed by atoms with van der Waals surface area (Å²) in [7, 11) is 2.02. The van der Waals surface area contributed by atoms with E-state index in [1.807, 2.05) is 25.2 Å². The van der Waals surface area contributed by atoms with E-state index in [9.17, 15) is 4.79 Å². The number of likely N-dealkylation sites (N-methyl/N-ethyl adjacent to an activating group) is 1. The normalized spacial score (nSPS) is 13.8. The van der Waals surface area contributed by atoms with Crippen molar-refractivity contribution in [1.29, 1.82) is 0 Å². The molecule has 0 radical (unpaired) electrons. The molecule has 1 heterocycles. The first kappa shape index (κ1) is 9.74. The van der Waals surface area contributed by atoms with Crippen molar-refractivity contribution in [2.45, 2.75) is 6.54 Å². The molecule has 0 unspecified atom stereocenters. The highest BCUT2D eigenvalue weighted by atomic mass is 16.5. The van der Waals surface area contributed by atoms with Crippen LogP contribution in [0.5, 0.6) is 5.75 Å². The second kappa shape index (κ2) is 4.15. The highest BCUT2D eigenvalue weighted by Crippen LogP contribution is 2.31. The maximum Gasteiger partial charge on any atom is 0.235 e. The van der Waals surface area contributed by atoms with Gasteiger partial charge >= 0.3 is 0 Å². The second-order valence-corrected chi connectivity index (χ2v) is 3.48. The Morgan fingerprint density at radius 3 is 3.27 bits per heavy atom. The van der Waals surface area contributed by atoms with Gasteiger partial charge < -0.3 is 9.64 Å². The summed E-state index contributed by atoms with van der Waals surface area (Å²) in [6.07, 6.45) is 1.54. The molecule has 78 valence electrons. The van der Waals surface area contributed by atoms with E-state index in [0.717, 1.165) is 30.2 Å². The van der Waals surface area contributed by atoms with Gasteiger partial charge in [0.05, 0.1) is 18.8 Å². The van der Waals surface area contributed by atoms with Crippen LogP contribution in [-0.4, -0.2) is 26.3 Å². The number of carbonyl (C=O) groups excluding carboxylic acids is 1. The number of fused-ring (bicyclic) bond motifs is 1. The van der Waals surface area contributed by atoms with Crippen LogP contribution in [0, 0.1) is 0 Å². The van der Waals surface area contributed by atoms with E-state index in [2.05, 4.69) is 9.89 Å². The number of nitrogens with zero attached hydrogens (tertiary/aromatic N) is 2. The highest BCUT2D eigenvalue weighted by molar-refractivity contribution is 5.61. The maximum absolute atomic E-state index is 10.0. The molecule has 0 aliphatic carbocycles. The van der Waals surface area contributed by atoms with Crippen LogP contribution in [0.4, 0.5) is 5.69 Å². The average molecular weight is 204 g/mol. The van der Waals surface area contributed by atoms with Gasteiger partial charge in [-0.05, 0) is 17.7 Å². The third-order valence-corrected chi connectivity index (χ3v) is 2.45. The monoisotopic (exact) mass is 204 g/mol. The van der Waals surface area contributed by atoms with Crippen molar-refractivity contribution in [2.24, 2.45) is 4.99 Å². The van der Waals surface area contributed by atoms with Gasteiger partial charge in [0.2, 0.25) is 6.08 Å². The first-order chi connectivity index (χ1) is 7.31. The lowest BCUT2D eigenvalue weighted by Crippen LogP contribution is -2.28. The van der Waals surface area contributed by atoms with Gasteiger partial charge in [-0.15, -0.1) is 0 Å². The van der Waals surface area contributed by atoms with Gasteiger partial charge in [-0.2, -0.15) is 0 Å². The van der Waals surface area contributed by atoms with Crippen molar-refractivity contribution in [3.63, 3.8) is 0 Å². The maximum atomic E-state index is 10.0. The minimum Gasteiger partial charge on any atom is -0.490 e. The summed E-state index contributed by atoms with van der Waals surface area (Å²) in [4.78, 5) is 15.7. The van der Waals surface area contributed by atoms with E-state index < -0.39 is 0 Å². The number of ether oxygens (including phenoxy) is 1. The molecule has 0 atom stereocenters. The number of aliphatic imine (C=N–C) groups is 1. The first-order valence-electron chi connectivity index (χ1n) is 4.82. The Bertz CT molecular complexity index is 411. The third-order valence-electron chi connectivity index (χ3n) is 2.45. The molecule has 0 saturated carbocycles. The molecular formula is C11H12N2O2. The zero-order chi connectivity index (χ0) is 10.7. The summed E-state index contributed by atoms with van der Waals surface area (Å²) < 4.78 is 5.50. The van der Waals surface area contributed by atoms with Crippen molar-refractivity contribution in [2.75, 3.05) is 25.1 Å². The fourth-order valence-electron chi connectivity index (χ4n) is 1.62. The van der Waals surface area contributed by atoms with Crippen LogP contribution in [0.2, 0.25) is 0 Å². The molecular weight excluding hydrogens is 192 g/mol. The molecule has 0 bridgehead atoms. The molecule has 1 aromatic rings. The van der Waals surface area contributed by atoms with Crippen LogP contribution in [0.25, 0.3) is 0 Å². The molecule has 2 rings (SSSR count). The van der Waals surface area contributed by atoms with Crippen LogP contribution in [0.1, 0.15) is 5.56 Å². The standard InChI is InChI=1S/C11H12N2O2/c1-13-4-5-15-11-3-2-9(6-10(11)13)7-12-8-14/h2-3,6H,4-5,7H2,1H3. The quantitative estimate of drug-likeness (QED) is 0.539. The Labute approximate surface area is 88.2 Å². The Balaban J connectivity index is 2.30. The molecule has 0 N–H and O–H groups in total. The molecule has 0 fully saturated rings. The van der Waals surface area contributed by atoms with Crippen molar-refractivity contribution in [3.8, 4) is 5.75 Å². The number of anilines is 1. The second-order valence-electron chi connectivity index (χ2n) is 3.48. The average Bonchev–Trinajstić information content (AvgIpc) is 2.27. The van der Waals surface area contributed by atoms with Gasteiger partial charge in [-0.1, -0.05) is 6.07 Å². The Hall–Kier alpha value is -1.80. The van der Waals surface area contributed by atoms with Gasteiger partial charge in [0.25, 0.3) is 0 Å². The molecule has 1 aliphatic rings. The lowest BCUT2D eigenvalue weighted by molar-refractivity contribution is 0.311. The summed E-state index contributed by atoms with van der Waals surface area (Å²) in [5, 5.41) is 0. The Morgan fingerprint density at radius 2 is 2.47 bits per heavy atom. The van der Waals surface area contributed by atoms with Gasteiger partial charge in [0, 0.05) is 7.05 Å². The van der Waals surface area contributed by atoms with Crippen LogP contribution in [-0.2, 0) is 11.3 Å². The molecule has 4 nitrogen and oxygen atoms in total. The lowest BCUT2D eigenvalue weighted by Gasteiger charge is -2.27. The molecule has 0 aromatic heterocycles. The van der Waals surface area contributed by atoms with E-state index in [-0.39, 0.29) is 0 Å². The van der Waals surface area contributed by atoms with Crippen LogP contribution in [0.15, 0.2) is 23.2 Å². The van der Waals surface area contributed by atoms with Gasteiger partial charge in [-0.3, -0.25) is 0 Å². The minimum atomic E-state index is 0.380. The topological polar surface area (TPSA) is 41.9 Å². The van der Waals surface area contributed by atoms with Crippen molar-refractivity contribution < 1.29 is 9.53 Å². The molecule has 0 saturated heterocycles. The predicted molar refractivity (Wildman–Crippen MR) is 57.0 cm³/mol. The number of rotatable bonds is 2. The molecule has 0 spiro atoms. The first-order valence-corrected chi connectivity index (χ1v) is 4.82. The molecule has 0 amide bonds. The van der Waals surface area contributed by atoms with Gasteiger partial charge in [0.1, 0.15) is 12.4 Å². The molecule has 1 aliphatic heterocycles. The Kier molecular flexibility index (Phi) is 2.70. The number of hydrogen-bond donors (Lipinski definition) is 0. The lowest BCUT2D eigenvalue weighted by atomic mass is 10.1. The summed E-state index contributed by atoms with van der Waals surface area (Å²) >= 11 is 0. The summed E-state index contributed by atoms with van der Waals surface area (Å²) in [6, 6.07) is 5.83. The zero-order valence-corrected chi connectivity index (χ0v) is 8.56. The van der Waals surface area contributed by atoms with Gasteiger partial charge in [0.15, 0.2) is 0 Å². The fraction of sp³-hybridized carbons (Fsp3) is 0.364. The van der Waals surface area contributed by atoms with E-state index in [4.69, 9.17) is 4.74 Å². The molecule has 1 aromatic carbocycles. The number of benzene rings is 1. The summed E-state index contributed by atoms with van der Waals surface area (Å²) in [5.41, 5.74) is 2.05. The van der Waals surface area contributed by atoms with E-state index in [1.54, 1.807) is 0 Å². The highest BCUT2D eigenvalue weighted by Gasteiger charge is 2.14. The Morgan fingerprint density at radius 1 is 1.60 bits per heavy atom. The van der Waals surface area contributed by atoms with E-state index >= 15 is 0 Å². The number of isocyanates is 1. The molecule has 4 heteroatoms.